The topological polar surface area (TPSA) is 40.6 Å². The Labute approximate surface area is 153 Å². The quantitative estimate of drug-likeness (QED) is 0.731. The average molecular weight is 369 g/mol. The van der Waals surface area contributed by atoms with Crippen LogP contribution in [0.25, 0.3) is 0 Å². The maximum absolute atomic E-state index is 12.7. The van der Waals surface area contributed by atoms with Crippen LogP contribution in [-0.2, 0) is 9.59 Å². The van der Waals surface area contributed by atoms with Gasteiger partial charge < -0.3 is 9.80 Å². The zero-order valence-corrected chi connectivity index (χ0v) is 16.1. The fraction of sp³-hybridized carbons (Fsp3) is 0.556. The molecule has 1 aromatic carbocycles. The molecule has 4 nitrogen and oxygen atoms in total. The van der Waals surface area contributed by atoms with E-state index >= 15 is 0 Å². The van der Waals surface area contributed by atoms with Crippen molar-refractivity contribution in [3.05, 3.63) is 34.9 Å². The van der Waals surface area contributed by atoms with Crippen LogP contribution in [0.15, 0.2) is 24.3 Å². The summed E-state index contributed by atoms with van der Waals surface area (Å²) in [5.41, 5.74) is 0.971. The number of rotatable bonds is 7. The van der Waals surface area contributed by atoms with E-state index in [4.69, 9.17) is 11.6 Å². The maximum atomic E-state index is 12.7. The lowest BCUT2D eigenvalue weighted by Gasteiger charge is -2.28. The summed E-state index contributed by atoms with van der Waals surface area (Å²) in [6.45, 7) is 7.62. The van der Waals surface area contributed by atoms with Gasteiger partial charge in [0.1, 0.15) is 5.37 Å². The standard InChI is InChI=1S/C18H25ClN2O2S/c1-4-15-17(23)21(12-11-20(6-3)16(22)5-2)18(24-15)13-9-7-8-10-14(13)19/h7-10,15,18H,4-6,11-12H2,1-3H3. The molecule has 1 saturated heterocycles. The molecular formula is C18H25ClN2O2S. The van der Waals surface area contributed by atoms with Crippen molar-refractivity contribution in [2.45, 2.75) is 44.2 Å². The minimum absolute atomic E-state index is 0.0387. The molecule has 6 heteroatoms. The average Bonchev–Trinajstić information content (AvgIpc) is 2.91. The first-order chi connectivity index (χ1) is 11.5. The number of carbonyl (C=O) groups is 2. The molecule has 2 amide bonds. The first-order valence-electron chi connectivity index (χ1n) is 8.51. The van der Waals surface area contributed by atoms with E-state index in [-0.39, 0.29) is 22.4 Å². The van der Waals surface area contributed by atoms with E-state index in [0.29, 0.717) is 31.1 Å². The van der Waals surface area contributed by atoms with E-state index < -0.39 is 0 Å². The highest BCUT2D eigenvalue weighted by atomic mass is 35.5. The Morgan fingerprint density at radius 2 is 2.00 bits per heavy atom. The van der Waals surface area contributed by atoms with Gasteiger partial charge in [-0.15, -0.1) is 11.8 Å². The van der Waals surface area contributed by atoms with E-state index in [2.05, 4.69) is 0 Å². The number of likely N-dealkylation sites (N-methyl/N-ethyl adjacent to an activating group) is 1. The Morgan fingerprint density at radius 3 is 2.58 bits per heavy atom. The molecular weight excluding hydrogens is 344 g/mol. The summed E-state index contributed by atoms with van der Waals surface area (Å²) in [4.78, 5) is 28.4. The summed E-state index contributed by atoms with van der Waals surface area (Å²) in [6, 6.07) is 7.68. The third-order valence-electron chi connectivity index (χ3n) is 4.32. The van der Waals surface area contributed by atoms with Crippen LogP contribution >= 0.6 is 23.4 Å². The van der Waals surface area contributed by atoms with Crippen molar-refractivity contribution in [1.29, 1.82) is 0 Å². The van der Waals surface area contributed by atoms with Gasteiger partial charge in [-0.1, -0.05) is 43.6 Å². The Hall–Kier alpha value is -1.20. The Balaban J connectivity index is 2.18. The van der Waals surface area contributed by atoms with Crippen molar-refractivity contribution in [2.75, 3.05) is 19.6 Å². The Kier molecular flexibility index (Phi) is 6.99. The van der Waals surface area contributed by atoms with Gasteiger partial charge in [-0.3, -0.25) is 9.59 Å². The van der Waals surface area contributed by atoms with Crippen molar-refractivity contribution in [2.24, 2.45) is 0 Å². The van der Waals surface area contributed by atoms with E-state index in [1.54, 1.807) is 16.7 Å². The van der Waals surface area contributed by atoms with Gasteiger partial charge in [-0.25, -0.2) is 0 Å². The summed E-state index contributed by atoms with van der Waals surface area (Å²) in [6.07, 6.45) is 1.29. The Bertz CT molecular complexity index is 596. The zero-order valence-electron chi connectivity index (χ0n) is 14.5. The summed E-state index contributed by atoms with van der Waals surface area (Å²) in [5, 5.41) is 0.566. The summed E-state index contributed by atoms with van der Waals surface area (Å²) in [7, 11) is 0. The normalized spacial score (nSPS) is 20.5. The van der Waals surface area contributed by atoms with Crippen LogP contribution in [0.2, 0.25) is 5.02 Å². The van der Waals surface area contributed by atoms with Crippen molar-refractivity contribution >= 4 is 35.2 Å². The third kappa shape index (κ3) is 4.06. The number of benzene rings is 1. The van der Waals surface area contributed by atoms with Gasteiger partial charge in [0.05, 0.1) is 5.25 Å². The lowest BCUT2D eigenvalue weighted by atomic mass is 10.2. The smallest absolute Gasteiger partial charge is 0.237 e. The molecule has 0 radical (unpaired) electrons. The van der Waals surface area contributed by atoms with E-state index in [0.717, 1.165) is 12.0 Å². The molecule has 0 N–H and O–H groups in total. The number of thioether (sulfide) groups is 1. The molecule has 0 spiro atoms. The molecule has 2 atom stereocenters. The molecule has 0 aromatic heterocycles. The summed E-state index contributed by atoms with van der Waals surface area (Å²) >= 11 is 8.01. The predicted molar refractivity (Wildman–Crippen MR) is 100 cm³/mol. The lowest BCUT2D eigenvalue weighted by Crippen LogP contribution is -2.40. The molecule has 0 bridgehead atoms. The predicted octanol–water partition coefficient (Wildman–Crippen LogP) is 3.95. The van der Waals surface area contributed by atoms with Crippen molar-refractivity contribution in [1.82, 2.24) is 9.80 Å². The number of hydrogen-bond donors (Lipinski definition) is 0. The molecule has 1 aliphatic heterocycles. The van der Waals surface area contributed by atoms with Crippen LogP contribution in [-0.4, -0.2) is 46.5 Å². The number of carbonyl (C=O) groups excluding carboxylic acids is 2. The molecule has 2 unspecified atom stereocenters. The number of nitrogens with zero attached hydrogens (tertiary/aromatic N) is 2. The first kappa shape index (κ1) is 19.1. The van der Waals surface area contributed by atoms with E-state index in [1.165, 1.54) is 0 Å². The van der Waals surface area contributed by atoms with Gasteiger partial charge >= 0.3 is 0 Å². The summed E-state index contributed by atoms with van der Waals surface area (Å²) < 4.78 is 0. The second-order valence-corrected chi connectivity index (χ2v) is 7.46. The van der Waals surface area contributed by atoms with Crippen LogP contribution in [0.3, 0.4) is 0 Å². The molecule has 0 saturated carbocycles. The van der Waals surface area contributed by atoms with Gasteiger partial charge in [0.25, 0.3) is 0 Å². The van der Waals surface area contributed by atoms with Gasteiger partial charge in [0.15, 0.2) is 0 Å². The van der Waals surface area contributed by atoms with Gasteiger partial charge in [0, 0.05) is 36.6 Å². The van der Waals surface area contributed by atoms with Crippen molar-refractivity contribution in [3.8, 4) is 0 Å². The first-order valence-corrected chi connectivity index (χ1v) is 9.83. The highest BCUT2D eigenvalue weighted by molar-refractivity contribution is 8.01. The van der Waals surface area contributed by atoms with Crippen LogP contribution in [0, 0.1) is 0 Å². The number of halogens is 1. The van der Waals surface area contributed by atoms with Crippen LogP contribution < -0.4 is 0 Å². The van der Waals surface area contributed by atoms with E-state index in [9.17, 15) is 9.59 Å². The van der Waals surface area contributed by atoms with Crippen LogP contribution in [0.5, 0.6) is 0 Å². The zero-order chi connectivity index (χ0) is 17.7. The van der Waals surface area contributed by atoms with Crippen molar-refractivity contribution in [3.63, 3.8) is 0 Å². The SMILES string of the molecule is CCC(=O)N(CC)CCN1C(=O)C(CC)SC1c1ccccc1Cl. The largest absolute Gasteiger partial charge is 0.341 e. The van der Waals surface area contributed by atoms with Gasteiger partial charge in [-0.2, -0.15) is 0 Å². The molecule has 1 aromatic rings. The fourth-order valence-corrected chi connectivity index (χ4v) is 4.68. The highest BCUT2D eigenvalue weighted by Gasteiger charge is 2.40. The van der Waals surface area contributed by atoms with Crippen LogP contribution in [0.1, 0.15) is 44.6 Å². The molecule has 24 heavy (non-hydrogen) atoms. The monoisotopic (exact) mass is 368 g/mol. The number of amides is 2. The minimum atomic E-state index is -0.0772. The third-order valence-corrected chi connectivity index (χ3v) is 6.30. The van der Waals surface area contributed by atoms with E-state index in [1.807, 2.05) is 49.9 Å². The fourth-order valence-electron chi connectivity index (χ4n) is 2.91. The van der Waals surface area contributed by atoms with Gasteiger partial charge in [-0.05, 0) is 19.4 Å². The molecule has 0 aliphatic carbocycles. The van der Waals surface area contributed by atoms with Crippen molar-refractivity contribution < 1.29 is 9.59 Å². The molecule has 132 valence electrons. The lowest BCUT2D eigenvalue weighted by molar-refractivity contribution is -0.134. The Morgan fingerprint density at radius 1 is 1.29 bits per heavy atom. The molecule has 1 heterocycles. The second-order valence-electron chi connectivity index (χ2n) is 5.77. The highest BCUT2D eigenvalue weighted by Crippen LogP contribution is 2.45. The second kappa shape index (κ2) is 8.77. The molecule has 2 rings (SSSR count). The maximum Gasteiger partial charge on any atom is 0.237 e. The number of hydrogen-bond acceptors (Lipinski definition) is 3. The van der Waals surface area contributed by atoms with Crippen LogP contribution in [0.4, 0.5) is 0 Å². The molecule has 1 fully saturated rings. The minimum Gasteiger partial charge on any atom is -0.341 e. The summed E-state index contributed by atoms with van der Waals surface area (Å²) in [5.74, 6) is 0.269. The molecule has 1 aliphatic rings. The van der Waals surface area contributed by atoms with Gasteiger partial charge in [0.2, 0.25) is 11.8 Å².